The van der Waals surface area contributed by atoms with Gasteiger partial charge in [0.05, 0.1) is 4.88 Å². The van der Waals surface area contributed by atoms with Gasteiger partial charge in [0.25, 0.3) is 5.91 Å². The van der Waals surface area contributed by atoms with Crippen LogP contribution in [0.4, 0.5) is 5.69 Å². The third kappa shape index (κ3) is 4.53. The van der Waals surface area contributed by atoms with Gasteiger partial charge >= 0.3 is 5.97 Å². The van der Waals surface area contributed by atoms with E-state index in [-0.39, 0.29) is 11.9 Å². The second-order valence-corrected chi connectivity index (χ2v) is 7.29. The number of carbonyl (C=O) groups excluding carboxylic acids is 2. The highest BCUT2D eigenvalue weighted by atomic mass is 32.2. The van der Waals surface area contributed by atoms with E-state index in [0.717, 1.165) is 11.1 Å². The van der Waals surface area contributed by atoms with E-state index in [1.807, 2.05) is 17.7 Å². The van der Waals surface area contributed by atoms with Crippen molar-refractivity contribution in [3.8, 4) is 16.9 Å². The Morgan fingerprint density at radius 1 is 1.00 bits per heavy atom. The topological polar surface area (TPSA) is 55.4 Å². The quantitative estimate of drug-likeness (QED) is 0.368. The van der Waals surface area contributed by atoms with Crippen LogP contribution in [-0.4, -0.2) is 18.1 Å². The third-order valence-corrected chi connectivity index (χ3v) is 5.29. The summed E-state index contributed by atoms with van der Waals surface area (Å²) in [6.45, 7) is 1.35. The van der Waals surface area contributed by atoms with Crippen molar-refractivity contribution < 1.29 is 14.3 Å². The number of thioether (sulfide) groups is 1. The zero-order valence-electron chi connectivity index (χ0n) is 14.3. The predicted octanol–water partition coefficient (Wildman–Crippen LogP) is 5.31. The zero-order valence-corrected chi connectivity index (χ0v) is 15.9. The number of hydrogen-bond acceptors (Lipinski definition) is 5. The zero-order chi connectivity index (χ0) is 18.5. The lowest BCUT2D eigenvalue weighted by Gasteiger charge is -2.05. The van der Waals surface area contributed by atoms with Gasteiger partial charge in [0, 0.05) is 17.5 Å². The normalized spacial score (nSPS) is 10.4. The minimum absolute atomic E-state index is 0.165. The van der Waals surface area contributed by atoms with Crippen molar-refractivity contribution in [3.63, 3.8) is 0 Å². The Morgan fingerprint density at radius 2 is 1.69 bits per heavy atom. The first-order valence-electron chi connectivity index (χ1n) is 7.88. The molecule has 0 aliphatic heterocycles. The van der Waals surface area contributed by atoms with Crippen LogP contribution in [0.1, 0.15) is 16.6 Å². The Kier molecular flexibility index (Phi) is 5.75. The number of esters is 1. The van der Waals surface area contributed by atoms with Gasteiger partial charge in [0.2, 0.25) is 0 Å². The summed E-state index contributed by atoms with van der Waals surface area (Å²) in [7, 11) is 0. The maximum absolute atomic E-state index is 12.4. The van der Waals surface area contributed by atoms with E-state index in [9.17, 15) is 9.59 Å². The van der Waals surface area contributed by atoms with Gasteiger partial charge in [-0.05, 0) is 65.2 Å². The van der Waals surface area contributed by atoms with Crippen LogP contribution < -0.4 is 10.1 Å². The molecule has 3 rings (SSSR count). The largest absolute Gasteiger partial charge is 0.427 e. The van der Waals surface area contributed by atoms with Crippen molar-refractivity contribution in [3.05, 3.63) is 64.9 Å². The molecule has 26 heavy (non-hydrogen) atoms. The van der Waals surface area contributed by atoms with E-state index < -0.39 is 0 Å². The Bertz CT molecular complexity index is 915. The molecule has 0 saturated heterocycles. The van der Waals surface area contributed by atoms with Crippen LogP contribution in [0, 0.1) is 0 Å². The Hall–Kier alpha value is -2.57. The van der Waals surface area contributed by atoms with Crippen LogP contribution in [0.3, 0.4) is 0 Å². The highest BCUT2D eigenvalue weighted by Crippen LogP contribution is 2.28. The molecule has 0 fully saturated rings. The fraction of sp³-hybridized carbons (Fsp3) is 0.100. The Labute approximate surface area is 160 Å². The number of hydrogen-bond donors (Lipinski definition) is 1. The molecule has 6 heteroatoms. The van der Waals surface area contributed by atoms with Gasteiger partial charge in [0.1, 0.15) is 5.75 Å². The molecule has 0 saturated carbocycles. The van der Waals surface area contributed by atoms with E-state index >= 15 is 0 Å². The number of thiophene rings is 1. The van der Waals surface area contributed by atoms with Crippen molar-refractivity contribution in [2.45, 2.75) is 11.8 Å². The molecule has 132 valence electrons. The average molecular weight is 383 g/mol. The van der Waals surface area contributed by atoms with Gasteiger partial charge < -0.3 is 10.1 Å². The number of carbonyl (C=O) groups is 2. The number of rotatable bonds is 5. The van der Waals surface area contributed by atoms with Crippen LogP contribution >= 0.6 is 23.1 Å². The van der Waals surface area contributed by atoms with Gasteiger partial charge in [0.15, 0.2) is 0 Å². The minimum atomic E-state index is -0.376. The summed E-state index contributed by atoms with van der Waals surface area (Å²) in [5, 5.41) is 4.83. The molecule has 0 radical (unpaired) electrons. The van der Waals surface area contributed by atoms with Crippen LogP contribution in [-0.2, 0) is 4.79 Å². The lowest BCUT2D eigenvalue weighted by atomic mass is 10.1. The molecule has 1 heterocycles. The second kappa shape index (κ2) is 8.21. The third-order valence-electron chi connectivity index (χ3n) is 3.62. The maximum atomic E-state index is 12.4. The minimum Gasteiger partial charge on any atom is -0.427 e. The van der Waals surface area contributed by atoms with E-state index in [1.54, 1.807) is 36.0 Å². The van der Waals surface area contributed by atoms with Crippen LogP contribution in [0.15, 0.2) is 64.9 Å². The molecule has 1 aromatic heterocycles. The Balaban J connectivity index is 1.68. The average Bonchev–Trinajstić information content (AvgIpc) is 3.13. The first-order valence-corrected chi connectivity index (χ1v) is 9.98. The van der Waals surface area contributed by atoms with Gasteiger partial charge in [-0.25, -0.2) is 0 Å². The monoisotopic (exact) mass is 383 g/mol. The number of anilines is 1. The van der Waals surface area contributed by atoms with E-state index in [1.165, 1.54) is 23.2 Å². The molecule has 4 nitrogen and oxygen atoms in total. The summed E-state index contributed by atoms with van der Waals surface area (Å²) in [5.74, 6) is -0.0942. The second-order valence-electron chi connectivity index (χ2n) is 5.50. The number of ether oxygens (including phenoxy) is 1. The molecule has 0 atom stereocenters. The standard InChI is InChI=1S/C20H17NO3S2/c1-13(22)24-17-7-5-16(6-8-17)21-20(23)19-11-15(12-26-19)14-3-9-18(25-2)10-4-14/h3-12H,1-2H3,(H,21,23). The van der Waals surface area contributed by atoms with Crippen molar-refractivity contribution >= 4 is 40.7 Å². The van der Waals surface area contributed by atoms with Crippen LogP contribution in [0.2, 0.25) is 0 Å². The highest BCUT2D eigenvalue weighted by molar-refractivity contribution is 7.98. The summed E-state index contributed by atoms with van der Waals surface area (Å²) >= 11 is 3.11. The van der Waals surface area contributed by atoms with Crippen molar-refractivity contribution in [2.24, 2.45) is 0 Å². The molecular formula is C20H17NO3S2. The molecule has 0 aliphatic rings. The lowest BCUT2D eigenvalue weighted by Crippen LogP contribution is -2.10. The Morgan fingerprint density at radius 3 is 2.31 bits per heavy atom. The lowest BCUT2D eigenvalue weighted by molar-refractivity contribution is -0.131. The van der Waals surface area contributed by atoms with Gasteiger partial charge in [-0.1, -0.05) is 12.1 Å². The first-order chi connectivity index (χ1) is 12.5. The molecule has 1 N–H and O–H groups in total. The molecule has 0 aliphatic carbocycles. The maximum Gasteiger partial charge on any atom is 0.308 e. The number of benzene rings is 2. The van der Waals surface area contributed by atoms with Crippen molar-refractivity contribution in [2.75, 3.05) is 11.6 Å². The fourth-order valence-electron chi connectivity index (χ4n) is 2.36. The van der Waals surface area contributed by atoms with E-state index in [0.29, 0.717) is 16.3 Å². The fourth-order valence-corrected chi connectivity index (χ4v) is 3.57. The number of amides is 1. The molecule has 2 aromatic carbocycles. The van der Waals surface area contributed by atoms with Gasteiger partial charge in [-0.3, -0.25) is 9.59 Å². The molecule has 1 amide bonds. The summed E-state index contributed by atoms with van der Waals surface area (Å²) in [4.78, 5) is 25.2. The van der Waals surface area contributed by atoms with Crippen LogP contribution in [0.5, 0.6) is 5.75 Å². The summed E-state index contributed by atoms with van der Waals surface area (Å²) in [6, 6.07) is 16.8. The summed E-state index contributed by atoms with van der Waals surface area (Å²) < 4.78 is 4.98. The predicted molar refractivity (Wildman–Crippen MR) is 107 cm³/mol. The smallest absolute Gasteiger partial charge is 0.308 e. The van der Waals surface area contributed by atoms with Gasteiger partial charge in [-0.15, -0.1) is 23.1 Å². The molecule has 0 unspecified atom stereocenters. The van der Waals surface area contributed by atoms with Crippen molar-refractivity contribution in [1.82, 2.24) is 0 Å². The molecule has 0 bridgehead atoms. The molecule has 3 aromatic rings. The van der Waals surface area contributed by atoms with Crippen molar-refractivity contribution in [1.29, 1.82) is 0 Å². The van der Waals surface area contributed by atoms with Gasteiger partial charge in [-0.2, -0.15) is 0 Å². The SMILES string of the molecule is CSc1ccc(-c2csc(C(=O)Nc3ccc(OC(C)=O)cc3)c2)cc1. The summed E-state index contributed by atoms with van der Waals surface area (Å²) in [5.41, 5.74) is 2.76. The first kappa shape index (κ1) is 18.2. The molecule has 0 spiro atoms. The van der Waals surface area contributed by atoms with E-state index in [4.69, 9.17) is 4.74 Å². The highest BCUT2D eigenvalue weighted by Gasteiger charge is 2.11. The van der Waals surface area contributed by atoms with Crippen LogP contribution in [0.25, 0.3) is 11.1 Å². The number of nitrogens with one attached hydrogen (secondary N) is 1. The molecular weight excluding hydrogens is 366 g/mol. The van der Waals surface area contributed by atoms with E-state index in [2.05, 4.69) is 29.6 Å². The summed E-state index contributed by atoms with van der Waals surface area (Å²) in [6.07, 6.45) is 2.04.